The van der Waals surface area contributed by atoms with Crippen molar-refractivity contribution in [3.05, 3.63) is 64.3 Å². The second kappa shape index (κ2) is 7.76. The molecule has 1 amide bonds. The Hall–Kier alpha value is -2.54. The van der Waals surface area contributed by atoms with Gasteiger partial charge in [-0.25, -0.2) is 0 Å². The van der Waals surface area contributed by atoms with Crippen molar-refractivity contribution in [2.45, 2.75) is 30.8 Å². The number of aromatic amines is 1. The number of H-pyrrole nitrogens is 1. The number of nitrogens with zero attached hydrogens (tertiary/aromatic N) is 2. The lowest BCUT2D eigenvalue weighted by Crippen LogP contribution is -2.67. The Bertz CT molecular complexity index is 1230. The number of hydrogen-bond acceptors (Lipinski definition) is 4. The summed E-state index contributed by atoms with van der Waals surface area (Å²) in [6.45, 7) is 2.84. The van der Waals surface area contributed by atoms with Crippen molar-refractivity contribution >= 4 is 28.4 Å². The molecule has 33 heavy (non-hydrogen) atoms. The van der Waals surface area contributed by atoms with Gasteiger partial charge in [-0.3, -0.25) is 9.69 Å². The molecule has 6 nitrogen and oxygen atoms in total. The van der Waals surface area contributed by atoms with Crippen LogP contribution in [0, 0.1) is 5.92 Å². The molecule has 3 aromatic rings. The van der Waals surface area contributed by atoms with Gasteiger partial charge in [0.15, 0.2) is 0 Å². The van der Waals surface area contributed by atoms with Gasteiger partial charge in [-0.05, 0) is 42.2 Å². The van der Waals surface area contributed by atoms with Crippen molar-refractivity contribution in [1.82, 2.24) is 14.8 Å². The van der Waals surface area contributed by atoms with Gasteiger partial charge in [-0.2, -0.15) is 0 Å². The highest BCUT2D eigenvalue weighted by molar-refractivity contribution is 6.31. The number of rotatable bonds is 5. The Kier molecular flexibility index (Phi) is 4.94. The number of halogens is 1. The third-order valence-corrected chi connectivity index (χ3v) is 7.94. The third kappa shape index (κ3) is 3.35. The van der Waals surface area contributed by atoms with Crippen LogP contribution >= 0.6 is 11.6 Å². The number of nitrogens with one attached hydrogen (secondary N) is 1. The maximum atomic E-state index is 12.8. The Morgan fingerprint density at radius 1 is 1.21 bits per heavy atom. The number of aliphatic hydroxyl groups is 1. The molecule has 1 atom stereocenters. The summed E-state index contributed by atoms with van der Waals surface area (Å²) >= 11 is 6.49. The molecule has 2 N–H and O–H groups in total. The molecule has 3 heterocycles. The SMILES string of the molecule is COc1ccc2c3c([nH]c2c1)[C@@H](CO)N(Cc1ccccc1Cl)CC31CN(C(=O)C2CC2)C1. The lowest BCUT2D eigenvalue weighted by molar-refractivity contribution is -0.142. The van der Waals surface area contributed by atoms with Gasteiger partial charge in [0, 0.05) is 65.2 Å². The van der Waals surface area contributed by atoms with Gasteiger partial charge in [0.2, 0.25) is 5.91 Å². The zero-order valence-corrected chi connectivity index (χ0v) is 19.4. The number of fused-ring (bicyclic) bond motifs is 4. The van der Waals surface area contributed by atoms with Gasteiger partial charge in [-0.15, -0.1) is 0 Å². The van der Waals surface area contributed by atoms with E-state index in [0.29, 0.717) is 25.5 Å². The van der Waals surface area contributed by atoms with E-state index in [1.54, 1.807) is 7.11 Å². The highest BCUT2D eigenvalue weighted by atomic mass is 35.5. The number of carbonyl (C=O) groups excluding carboxylic acids is 1. The monoisotopic (exact) mass is 465 g/mol. The van der Waals surface area contributed by atoms with Crippen LogP contribution in [0.25, 0.3) is 10.9 Å². The van der Waals surface area contributed by atoms with Crippen LogP contribution in [0.5, 0.6) is 5.75 Å². The Labute approximate surface area is 198 Å². The summed E-state index contributed by atoms with van der Waals surface area (Å²) in [6.07, 6.45) is 2.04. The summed E-state index contributed by atoms with van der Waals surface area (Å²) in [5, 5.41) is 12.4. The molecule has 0 radical (unpaired) electrons. The Balaban J connectivity index is 1.43. The van der Waals surface area contributed by atoms with Crippen molar-refractivity contribution in [3.8, 4) is 5.75 Å². The van der Waals surface area contributed by atoms with Crippen LogP contribution in [0.1, 0.15) is 35.7 Å². The minimum Gasteiger partial charge on any atom is -0.497 e. The lowest BCUT2D eigenvalue weighted by Gasteiger charge is -2.56. The fraction of sp³-hybridized carbons (Fsp3) is 0.423. The van der Waals surface area contributed by atoms with Gasteiger partial charge < -0.3 is 19.7 Å². The molecule has 1 saturated heterocycles. The van der Waals surface area contributed by atoms with Gasteiger partial charge >= 0.3 is 0 Å². The average Bonchev–Trinajstić information content (AvgIpc) is 3.58. The molecule has 7 heteroatoms. The maximum Gasteiger partial charge on any atom is 0.225 e. The first-order valence-corrected chi connectivity index (χ1v) is 12.0. The summed E-state index contributed by atoms with van der Waals surface area (Å²) in [4.78, 5) is 20.7. The molecule has 1 spiro atoms. The third-order valence-electron chi connectivity index (χ3n) is 7.57. The van der Waals surface area contributed by atoms with Crippen molar-refractivity contribution in [2.24, 2.45) is 5.92 Å². The van der Waals surface area contributed by atoms with E-state index in [2.05, 4.69) is 16.0 Å². The van der Waals surface area contributed by atoms with Gasteiger partial charge in [-0.1, -0.05) is 29.8 Å². The summed E-state index contributed by atoms with van der Waals surface area (Å²) in [7, 11) is 1.67. The van der Waals surface area contributed by atoms with Gasteiger partial charge in [0.25, 0.3) is 0 Å². The number of aromatic nitrogens is 1. The second-order valence-electron chi connectivity index (χ2n) is 9.77. The minimum atomic E-state index is -0.173. The number of amides is 1. The topological polar surface area (TPSA) is 68.8 Å². The molecule has 2 aromatic carbocycles. The fourth-order valence-electron chi connectivity index (χ4n) is 5.81. The van der Waals surface area contributed by atoms with E-state index in [-0.39, 0.29) is 24.0 Å². The van der Waals surface area contributed by atoms with E-state index in [0.717, 1.165) is 52.3 Å². The van der Waals surface area contributed by atoms with E-state index >= 15 is 0 Å². The standard InChI is InChI=1S/C26H28ClN3O3/c1-33-18-8-9-19-21(10-18)28-24-22(12-31)29(11-17-4-2-3-5-20(17)27)13-26(23(19)24)14-30(15-26)25(32)16-6-7-16/h2-5,8-10,16,22,28,31H,6-7,11-15H2,1H3/t22-/m1/s1. The molecule has 2 fully saturated rings. The summed E-state index contributed by atoms with van der Waals surface area (Å²) < 4.78 is 5.45. The van der Waals surface area contributed by atoms with E-state index in [1.807, 2.05) is 41.3 Å². The largest absolute Gasteiger partial charge is 0.497 e. The fourth-order valence-corrected chi connectivity index (χ4v) is 6.01. The van der Waals surface area contributed by atoms with Crippen molar-refractivity contribution in [2.75, 3.05) is 33.4 Å². The zero-order valence-electron chi connectivity index (χ0n) is 18.7. The molecule has 1 aromatic heterocycles. The maximum absolute atomic E-state index is 12.8. The van der Waals surface area contributed by atoms with Gasteiger partial charge in [0.05, 0.1) is 19.8 Å². The molecule has 1 aliphatic carbocycles. The van der Waals surface area contributed by atoms with E-state index in [9.17, 15) is 9.90 Å². The number of hydrogen-bond donors (Lipinski definition) is 2. The number of ether oxygens (including phenoxy) is 1. The van der Waals surface area contributed by atoms with E-state index < -0.39 is 0 Å². The molecule has 172 valence electrons. The second-order valence-corrected chi connectivity index (χ2v) is 10.2. The first kappa shape index (κ1) is 21.0. The molecule has 0 unspecified atom stereocenters. The highest BCUT2D eigenvalue weighted by Gasteiger charge is 2.55. The van der Waals surface area contributed by atoms with Crippen molar-refractivity contribution in [3.63, 3.8) is 0 Å². The van der Waals surface area contributed by atoms with Crippen LogP contribution < -0.4 is 4.74 Å². The Morgan fingerprint density at radius 2 is 2.00 bits per heavy atom. The molecule has 3 aliphatic rings. The van der Waals surface area contributed by atoms with Gasteiger partial charge in [0.1, 0.15) is 5.75 Å². The zero-order chi connectivity index (χ0) is 22.7. The van der Waals surface area contributed by atoms with E-state index in [1.165, 1.54) is 5.56 Å². The first-order chi connectivity index (χ1) is 16.0. The number of benzene rings is 2. The first-order valence-electron chi connectivity index (χ1n) is 11.6. The van der Waals surface area contributed by atoms with Crippen LogP contribution in [-0.4, -0.2) is 59.1 Å². The van der Waals surface area contributed by atoms with Crippen LogP contribution in [0.4, 0.5) is 0 Å². The normalized spacial score (nSPS) is 21.8. The minimum absolute atomic E-state index is 0.00219. The molecular formula is C26H28ClN3O3. The summed E-state index contributed by atoms with van der Waals surface area (Å²) in [5.41, 5.74) is 4.16. The average molecular weight is 466 g/mol. The predicted molar refractivity (Wildman–Crippen MR) is 128 cm³/mol. The molecule has 2 aliphatic heterocycles. The molecule has 0 bridgehead atoms. The van der Waals surface area contributed by atoms with Crippen LogP contribution in [-0.2, 0) is 16.8 Å². The summed E-state index contributed by atoms with van der Waals surface area (Å²) in [5.74, 6) is 1.32. The number of likely N-dealkylation sites (tertiary alicyclic amines) is 1. The number of aliphatic hydroxyl groups excluding tert-OH is 1. The highest BCUT2D eigenvalue weighted by Crippen LogP contribution is 2.50. The lowest BCUT2D eigenvalue weighted by atomic mass is 9.68. The quantitative estimate of drug-likeness (QED) is 0.600. The van der Waals surface area contributed by atoms with Crippen LogP contribution in [0.2, 0.25) is 5.02 Å². The number of methoxy groups -OCH3 is 1. The van der Waals surface area contributed by atoms with Crippen LogP contribution in [0.15, 0.2) is 42.5 Å². The smallest absolute Gasteiger partial charge is 0.225 e. The van der Waals surface area contributed by atoms with Crippen molar-refractivity contribution < 1.29 is 14.6 Å². The predicted octanol–water partition coefficient (Wildman–Crippen LogP) is 3.87. The molecular weight excluding hydrogens is 438 g/mol. The summed E-state index contributed by atoms with van der Waals surface area (Å²) in [6, 6.07) is 13.8. The van der Waals surface area contributed by atoms with Crippen LogP contribution in [0.3, 0.4) is 0 Å². The molecule has 6 rings (SSSR count). The Morgan fingerprint density at radius 3 is 2.70 bits per heavy atom. The number of carbonyl (C=O) groups is 1. The van der Waals surface area contributed by atoms with E-state index in [4.69, 9.17) is 16.3 Å². The van der Waals surface area contributed by atoms with Crippen molar-refractivity contribution in [1.29, 1.82) is 0 Å². The molecule has 1 saturated carbocycles.